The molecule has 0 bridgehead atoms. The Labute approximate surface area is 261 Å². The Morgan fingerprint density at radius 3 is 1.29 bits per heavy atom. The molecule has 5 heteroatoms. The molecular weight excluding hydrogens is 522 g/mol. The molecule has 0 aliphatic carbocycles. The van der Waals surface area contributed by atoms with Gasteiger partial charge >= 0.3 is 0 Å². The Bertz CT molecular complexity index is 582. The summed E-state index contributed by atoms with van der Waals surface area (Å²) in [4.78, 5) is 12.3. The van der Waals surface area contributed by atoms with E-state index in [4.69, 9.17) is 0 Å². The van der Waals surface area contributed by atoms with Gasteiger partial charge in [0.25, 0.3) is 0 Å². The lowest BCUT2D eigenvalue weighted by molar-refractivity contribution is -0.123. The van der Waals surface area contributed by atoms with Crippen LogP contribution < -0.4 is 5.32 Å². The number of unbranched alkanes of at least 4 members (excludes halogenated alkanes) is 24. The average Bonchev–Trinajstić information content (AvgIpc) is 2.99. The Morgan fingerprint density at radius 2 is 0.905 bits per heavy atom. The normalized spacial score (nSPS) is 13.9. The molecule has 0 aromatic heterocycles. The molecule has 0 unspecified atom stereocenters. The minimum atomic E-state index is -1.01. The van der Waals surface area contributed by atoms with Crippen molar-refractivity contribution in [3.05, 3.63) is 12.2 Å². The molecule has 0 rings (SSSR count). The maximum absolute atomic E-state index is 12.3. The summed E-state index contributed by atoms with van der Waals surface area (Å²) in [6.45, 7) is 4.19. The van der Waals surface area contributed by atoms with Gasteiger partial charge in [-0.25, -0.2) is 0 Å². The topological polar surface area (TPSA) is 89.8 Å². The molecular formula is C37H73NO4. The summed E-state index contributed by atoms with van der Waals surface area (Å²) in [6.07, 6.45) is 36.0. The lowest BCUT2D eigenvalue weighted by Gasteiger charge is -2.20. The SMILES string of the molecule is CCCCCCCCCCCCCCCCCCC(=O)N[C@@H](CO)[C@H](O)/C=C/[C@H](O)CCCCCCCCCCCC. The molecule has 0 saturated carbocycles. The van der Waals surface area contributed by atoms with Crippen LogP contribution in [0, 0.1) is 0 Å². The van der Waals surface area contributed by atoms with Gasteiger partial charge in [-0.3, -0.25) is 4.79 Å². The molecule has 0 aliphatic rings. The average molecular weight is 596 g/mol. The first-order chi connectivity index (χ1) is 20.5. The highest BCUT2D eigenvalue weighted by molar-refractivity contribution is 5.76. The largest absolute Gasteiger partial charge is 0.394 e. The second kappa shape index (κ2) is 33.0. The van der Waals surface area contributed by atoms with Gasteiger partial charge in [0.1, 0.15) is 0 Å². The minimum Gasteiger partial charge on any atom is -0.394 e. The second-order valence-corrected chi connectivity index (χ2v) is 12.8. The first kappa shape index (κ1) is 41.1. The quantitative estimate of drug-likeness (QED) is 0.0449. The Morgan fingerprint density at radius 1 is 0.548 bits per heavy atom. The van der Waals surface area contributed by atoms with Crippen LogP contribution in [-0.2, 0) is 4.79 Å². The highest BCUT2D eigenvalue weighted by Gasteiger charge is 2.18. The van der Waals surface area contributed by atoms with Gasteiger partial charge in [-0.05, 0) is 12.8 Å². The van der Waals surface area contributed by atoms with Crippen LogP contribution >= 0.6 is 0 Å². The Hall–Kier alpha value is -0.910. The smallest absolute Gasteiger partial charge is 0.220 e. The molecule has 0 spiro atoms. The summed E-state index contributed by atoms with van der Waals surface area (Å²) in [5.74, 6) is -0.127. The van der Waals surface area contributed by atoms with Crippen LogP contribution in [0.15, 0.2) is 12.2 Å². The molecule has 0 heterocycles. The number of hydrogen-bond acceptors (Lipinski definition) is 4. The molecule has 0 aromatic rings. The van der Waals surface area contributed by atoms with Gasteiger partial charge in [-0.1, -0.05) is 187 Å². The van der Waals surface area contributed by atoms with Crippen LogP contribution in [-0.4, -0.2) is 46.1 Å². The number of aliphatic hydroxyl groups excluding tert-OH is 3. The van der Waals surface area contributed by atoms with Gasteiger partial charge in [0.15, 0.2) is 0 Å². The summed E-state index contributed by atoms with van der Waals surface area (Å²) in [5.41, 5.74) is 0. The second-order valence-electron chi connectivity index (χ2n) is 12.8. The van der Waals surface area contributed by atoms with Crippen LogP contribution in [0.2, 0.25) is 0 Å². The van der Waals surface area contributed by atoms with E-state index < -0.39 is 18.2 Å². The van der Waals surface area contributed by atoms with Gasteiger partial charge in [0.2, 0.25) is 5.91 Å². The summed E-state index contributed by atoms with van der Waals surface area (Å²) in [6, 6.07) is -0.737. The van der Waals surface area contributed by atoms with E-state index in [1.165, 1.54) is 141 Å². The van der Waals surface area contributed by atoms with Crippen LogP contribution in [0.3, 0.4) is 0 Å². The fraction of sp³-hybridized carbons (Fsp3) is 0.919. The molecule has 5 nitrogen and oxygen atoms in total. The van der Waals surface area contributed by atoms with Gasteiger partial charge in [0.05, 0.1) is 24.9 Å². The van der Waals surface area contributed by atoms with Gasteiger partial charge < -0.3 is 20.6 Å². The number of aliphatic hydroxyl groups is 3. The molecule has 4 N–H and O–H groups in total. The summed E-state index contributed by atoms with van der Waals surface area (Å²) >= 11 is 0. The maximum Gasteiger partial charge on any atom is 0.220 e. The number of carbonyl (C=O) groups is 1. The van der Waals surface area contributed by atoms with E-state index in [-0.39, 0.29) is 12.5 Å². The molecule has 0 radical (unpaired) electrons. The molecule has 0 saturated heterocycles. The van der Waals surface area contributed by atoms with Gasteiger partial charge in [-0.15, -0.1) is 0 Å². The van der Waals surface area contributed by atoms with E-state index in [9.17, 15) is 20.1 Å². The number of amides is 1. The lowest BCUT2D eigenvalue weighted by atomic mass is 10.0. The number of hydrogen-bond donors (Lipinski definition) is 4. The molecule has 1 amide bonds. The zero-order valence-corrected chi connectivity index (χ0v) is 28.1. The van der Waals surface area contributed by atoms with Crippen molar-refractivity contribution in [2.24, 2.45) is 0 Å². The summed E-state index contributed by atoms with van der Waals surface area (Å²) in [7, 11) is 0. The molecule has 3 atom stereocenters. The first-order valence-electron chi connectivity index (χ1n) is 18.5. The van der Waals surface area contributed by atoms with Crippen molar-refractivity contribution in [3.63, 3.8) is 0 Å². The van der Waals surface area contributed by atoms with E-state index in [1.807, 2.05) is 0 Å². The molecule has 0 aromatic carbocycles. The predicted molar refractivity (Wildman–Crippen MR) is 181 cm³/mol. The van der Waals surface area contributed by atoms with Crippen molar-refractivity contribution < 1.29 is 20.1 Å². The van der Waals surface area contributed by atoms with E-state index in [2.05, 4.69) is 19.2 Å². The maximum atomic E-state index is 12.3. The Balaban J connectivity index is 3.70. The molecule has 0 fully saturated rings. The number of rotatable bonds is 33. The molecule has 42 heavy (non-hydrogen) atoms. The third-order valence-corrected chi connectivity index (χ3v) is 8.60. The van der Waals surface area contributed by atoms with Crippen molar-refractivity contribution in [3.8, 4) is 0 Å². The van der Waals surface area contributed by atoms with Gasteiger partial charge in [0, 0.05) is 6.42 Å². The van der Waals surface area contributed by atoms with Crippen LogP contribution in [0.1, 0.15) is 194 Å². The van der Waals surface area contributed by atoms with Crippen molar-refractivity contribution in [1.82, 2.24) is 5.32 Å². The van der Waals surface area contributed by atoms with E-state index >= 15 is 0 Å². The van der Waals surface area contributed by atoms with Crippen molar-refractivity contribution in [1.29, 1.82) is 0 Å². The number of carbonyl (C=O) groups excluding carboxylic acids is 1. The fourth-order valence-corrected chi connectivity index (χ4v) is 5.66. The van der Waals surface area contributed by atoms with Gasteiger partial charge in [-0.2, -0.15) is 0 Å². The minimum absolute atomic E-state index is 0.127. The monoisotopic (exact) mass is 596 g/mol. The van der Waals surface area contributed by atoms with E-state index in [1.54, 1.807) is 6.08 Å². The van der Waals surface area contributed by atoms with Crippen molar-refractivity contribution in [2.75, 3.05) is 6.61 Å². The highest BCUT2D eigenvalue weighted by Crippen LogP contribution is 2.15. The zero-order chi connectivity index (χ0) is 30.9. The summed E-state index contributed by atoms with van der Waals surface area (Å²) in [5, 5.41) is 33.0. The van der Waals surface area contributed by atoms with Crippen molar-refractivity contribution in [2.45, 2.75) is 212 Å². The first-order valence-corrected chi connectivity index (χ1v) is 18.5. The van der Waals surface area contributed by atoms with Crippen LogP contribution in [0.5, 0.6) is 0 Å². The lowest BCUT2D eigenvalue weighted by Crippen LogP contribution is -2.45. The zero-order valence-electron chi connectivity index (χ0n) is 28.1. The van der Waals surface area contributed by atoms with Crippen LogP contribution in [0.4, 0.5) is 0 Å². The van der Waals surface area contributed by atoms with E-state index in [0.717, 1.165) is 32.1 Å². The molecule has 0 aliphatic heterocycles. The summed E-state index contributed by atoms with van der Waals surface area (Å²) < 4.78 is 0. The molecule has 250 valence electrons. The fourth-order valence-electron chi connectivity index (χ4n) is 5.66. The third kappa shape index (κ3) is 29.2. The predicted octanol–water partition coefficient (Wildman–Crippen LogP) is 9.70. The third-order valence-electron chi connectivity index (χ3n) is 8.60. The highest BCUT2D eigenvalue weighted by atomic mass is 16.3. The standard InChI is InChI=1S/C37H73NO4/c1-3-5-7-9-11-13-15-16-17-18-19-20-22-24-26-28-30-37(42)38-35(33-39)36(41)32-31-34(40)29-27-25-23-21-14-12-10-8-6-4-2/h31-32,34-36,39-41H,3-30,33H2,1-2H3,(H,38,42)/b32-31+/t34-,35+,36-/m1/s1. The van der Waals surface area contributed by atoms with Crippen molar-refractivity contribution >= 4 is 5.91 Å². The number of nitrogens with one attached hydrogen (secondary N) is 1. The van der Waals surface area contributed by atoms with Crippen LogP contribution in [0.25, 0.3) is 0 Å². The van der Waals surface area contributed by atoms with E-state index in [0.29, 0.717) is 12.8 Å². The Kier molecular flexibility index (Phi) is 32.3.